The lowest BCUT2D eigenvalue weighted by molar-refractivity contribution is 1.03. The summed E-state index contributed by atoms with van der Waals surface area (Å²) in [6.45, 7) is 0. The quantitative estimate of drug-likeness (QED) is 0.335. The molecule has 0 aliphatic rings. The van der Waals surface area contributed by atoms with Crippen LogP contribution < -0.4 is 0 Å². The zero-order valence-electron chi connectivity index (χ0n) is 16.3. The van der Waals surface area contributed by atoms with Gasteiger partial charge in [0.2, 0.25) is 0 Å². The van der Waals surface area contributed by atoms with Crippen LogP contribution >= 0.6 is 0 Å². The number of benzene rings is 4. The highest BCUT2D eigenvalue weighted by atomic mass is 15.1. The third kappa shape index (κ3) is 2.49. The van der Waals surface area contributed by atoms with E-state index in [2.05, 4.69) is 99.0 Å². The number of hydrogen-bond donors (Lipinski definition) is 0. The number of imidazole rings is 1. The molecule has 0 saturated heterocycles. The first-order valence-electron chi connectivity index (χ1n) is 10.1. The van der Waals surface area contributed by atoms with Crippen molar-refractivity contribution in [1.82, 2.24) is 14.1 Å². The maximum Gasteiger partial charge on any atom is 0.144 e. The van der Waals surface area contributed by atoms with Crippen molar-refractivity contribution in [3.8, 4) is 22.8 Å². The SMILES string of the molecule is c1ccc(-c2nccn2-c2ccccc2-n2c3ccccc3c3ccccc32)cc1. The Morgan fingerprint density at radius 1 is 0.533 bits per heavy atom. The van der Waals surface area contributed by atoms with Crippen molar-refractivity contribution in [1.29, 1.82) is 0 Å². The Labute approximate surface area is 174 Å². The molecule has 0 spiro atoms. The van der Waals surface area contributed by atoms with Crippen molar-refractivity contribution >= 4 is 21.8 Å². The van der Waals surface area contributed by atoms with Crippen LogP contribution in [0.3, 0.4) is 0 Å². The minimum Gasteiger partial charge on any atom is -0.307 e. The van der Waals surface area contributed by atoms with Gasteiger partial charge >= 0.3 is 0 Å². The molecule has 0 unspecified atom stereocenters. The van der Waals surface area contributed by atoms with E-state index in [0.717, 1.165) is 22.8 Å². The molecule has 2 aromatic heterocycles. The zero-order chi connectivity index (χ0) is 19.9. The molecule has 142 valence electrons. The maximum atomic E-state index is 4.66. The van der Waals surface area contributed by atoms with E-state index in [1.54, 1.807) is 0 Å². The standard InChI is InChI=1S/C27H19N3/c1-2-10-20(11-3-1)27-28-18-19-29(27)25-16-8-9-17-26(25)30-23-14-6-4-12-21(23)22-13-5-7-15-24(22)30/h1-19H. The average molecular weight is 385 g/mol. The second kappa shape index (κ2) is 6.75. The molecule has 0 amide bonds. The second-order valence-corrected chi connectivity index (χ2v) is 7.35. The number of para-hydroxylation sites is 4. The lowest BCUT2D eigenvalue weighted by Gasteiger charge is -2.16. The van der Waals surface area contributed by atoms with E-state index in [-0.39, 0.29) is 0 Å². The molecule has 4 aromatic carbocycles. The Balaban J connectivity index is 1.67. The van der Waals surface area contributed by atoms with Gasteiger partial charge in [-0.1, -0.05) is 78.9 Å². The van der Waals surface area contributed by atoms with E-state index >= 15 is 0 Å². The molecule has 0 bridgehead atoms. The average Bonchev–Trinajstić information content (AvgIpc) is 3.43. The molecule has 0 radical (unpaired) electrons. The van der Waals surface area contributed by atoms with Gasteiger partial charge in [0.1, 0.15) is 5.82 Å². The van der Waals surface area contributed by atoms with E-state index in [4.69, 9.17) is 0 Å². The summed E-state index contributed by atoms with van der Waals surface area (Å²) in [7, 11) is 0. The molecule has 0 atom stereocenters. The maximum absolute atomic E-state index is 4.66. The van der Waals surface area contributed by atoms with Gasteiger partial charge in [-0.25, -0.2) is 4.98 Å². The van der Waals surface area contributed by atoms with Gasteiger partial charge in [-0.3, -0.25) is 4.57 Å². The molecule has 6 rings (SSSR count). The number of nitrogens with zero attached hydrogens (tertiary/aromatic N) is 3. The van der Waals surface area contributed by atoms with E-state index < -0.39 is 0 Å². The fraction of sp³-hybridized carbons (Fsp3) is 0. The highest BCUT2D eigenvalue weighted by Crippen LogP contribution is 2.34. The molecule has 6 aromatic rings. The van der Waals surface area contributed by atoms with Crippen LogP contribution in [0.1, 0.15) is 0 Å². The normalized spacial score (nSPS) is 11.3. The van der Waals surface area contributed by atoms with Gasteiger partial charge in [0.05, 0.1) is 22.4 Å². The predicted molar refractivity (Wildman–Crippen MR) is 123 cm³/mol. The van der Waals surface area contributed by atoms with Crippen LogP contribution in [0.4, 0.5) is 0 Å². The number of hydrogen-bond acceptors (Lipinski definition) is 1. The first kappa shape index (κ1) is 16.8. The Hall–Kier alpha value is -4.11. The van der Waals surface area contributed by atoms with Crippen molar-refractivity contribution < 1.29 is 0 Å². The van der Waals surface area contributed by atoms with Gasteiger partial charge in [0, 0.05) is 28.7 Å². The summed E-state index contributed by atoms with van der Waals surface area (Å²) in [4.78, 5) is 4.66. The molecular formula is C27H19N3. The molecule has 0 N–H and O–H groups in total. The molecule has 3 nitrogen and oxygen atoms in total. The first-order valence-corrected chi connectivity index (χ1v) is 10.1. The topological polar surface area (TPSA) is 22.8 Å². The van der Waals surface area contributed by atoms with Gasteiger partial charge in [-0.15, -0.1) is 0 Å². The summed E-state index contributed by atoms with van der Waals surface area (Å²) < 4.78 is 4.53. The van der Waals surface area contributed by atoms with Gasteiger partial charge in [0.15, 0.2) is 0 Å². The van der Waals surface area contributed by atoms with E-state index in [9.17, 15) is 0 Å². The lowest BCUT2D eigenvalue weighted by atomic mass is 10.2. The van der Waals surface area contributed by atoms with Gasteiger partial charge in [-0.2, -0.15) is 0 Å². The molecule has 0 saturated carbocycles. The van der Waals surface area contributed by atoms with Crippen molar-refractivity contribution in [2.24, 2.45) is 0 Å². The smallest absolute Gasteiger partial charge is 0.144 e. The second-order valence-electron chi connectivity index (χ2n) is 7.35. The van der Waals surface area contributed by atoms with Crippen LogP contribution in [-0.2, 0) is 0 Å². The fourth-order valence-corrected chi connectivity index (χ4v) is 4.34. The molecule has 0 aliphatic carbocycles. The van der Waals surface area contributed by atoms with Crippen molar-refractivity contribution in [2.75, 3.05) is 0 Å². The van der Waals surface area contributed by atoms with Crippen LogP contribution in [0.15, 0.2) is 116 Å². The highest BCUT2D eigenvalue weighted by molar-refractivity contribution is 6.09. The molecular weight excluding hydrogens is 366 g/mol. The Kier molecular flexibility index (Phi) is 3.78. The lowest BCUT2D eigenvalue weighted by Crippen LogP contribution is -2.03. The summed E-state index contributed by atoms with van der Waals surface area (Å²) in [6.07, 6.45) is 3.90. The van der Waals surface area contributed by atoms with Crippen molar-refractivity contribution in [3.63, 3.8) is 0 Å². The largest absolute Gasteiger partial charge is 0.307 e. The summed E-state index contributed by atoms with van der Waals surface area (Å²) >= 11 is 0. The van der Waals surface area contributed by atoms with E-state index in [0.29, 0.717) is 0 Å². The summed E-state index contributed by atoms with van der Waals surface area (Å²) in [5.74, 6) is 0.934. The first-order chi connectivity index (χ1) is 14.9. The monoisotopic (exact) mass is 385 g/mol. The molecule has 2 heterocycles. The van der Waals surface area contributed by atoms with Crippen LogP contribution in [-0.4, -0.2) is 14.1 Å². The van der Waals surface area contributed by atoms with Crippen LogP contribution in [0.25, 0.3) is 44.6 Å². The minimum atomic E-state index is 0.934. The Bertz CT molecular complexity index is 1440. The van der Waals surface area contributed by atoms with Gasteiger partial charge < -0.3 is 4.57 Å². The van der Waals surface area contributed by atoms with Crippen LogP contribution in [0, 0.1) is 0 Å². The van der Waals surface area contributed by atoms with E-state index in [1.807, 2.05) is 30.6 Å². The van der Waals surface area contributed by atoms with Gasteiger partial charge in [0.25, 0.3) is 0 Å². The van der Waals surface area contributed by atoms with E-state index in [1.165, 1.54) is 21.8 Å². The minimum absolute atomic E-state index is 0.934. The van der Waals surface area contributed by atoms with Crippen LogP contribution in [0.2, 0.25) is 0 Å². The number of aromatic nitrogens is 3. The third-order valence-electron chi connectivity index (χ3n) is 5.63. The zero-order valence-corrected chi connectivity index (χ0v) is 16.3. The molecule has 0 fully saturated rings. The third-order valence-corrected chi connectivity index (χ3v) is 5.63. The molecule has 30 heavy (non-hydrogen) atoms. The van der Waals surface area contributed by atoms with Crippen molar-refractivity contribution in [3.05, 3.63) is 116 Å². The Morgan fingerprint density at radius 2 is 1.10 bits per heavy atom. The molecule has 3 heteroatoms. The van der Waals surface area contributed by atoms with Gasteiger partial charge in [-0.05, 0) is 24.3 Å². The molecule has 0 aliphatic heterocycles. The predicted octanol–water partition coefficient (Wildman–Crippen LogP) is 6.64. The summed E-state index contributed by atoms with van der Waals surface area (Å²) in [5.41, 5.74) is 5.73. The van der Waals surface area contributed by atoms with Crippen LogP contribution in [0.5, 0.6) is 0 Å². The Morgan fingerprint density at radius 3 is 1.80 bits per heavy atom. The summed E-state index contributed by atoms with van der Waals surface area (Å²) in [5, 5.41) is 2.52. The van der Waals surface area contributed by atoms with Crippen molar-refractivity contribution in [2.45, 2.75) is 0 Å². The number of rotatable bonds is 3. The highest BCUT2D eigenvalue weighted by Gasteiger charge is 2.16. The fourth-order valence-electron chi connectivity index (χ4n) is 4.34. The summed E-state index contributed by atoms with van der Waals surface area (Å²) in [6, 6.07) is 36.1. The number of fused-ring (bicyclic) bond motifs is 3.